The van der Waals surface area contributed by atoms with Crippen molar-refractivity contribution in [3.8, 4) is 5.69 Å². The van der Waals surface area contributed by atoms with Crippen LogP contribution in [0.25, 0.3) is 5.69 Å². The molecule has 0 radical (unpaired) electrons. The molecule has 1 heterocycles. The lowest BCUT2D eigenvalue weighted by molar-refractivity contribution is -0.596. The molecule has 0 fully saturated rings. The van der Waals surface area contributed by atoms with Crippen LogP contribution >= 0.6 is 0 Å². The SMILES string of the molecule is Cc1c[n+](-c2c(C(C)C)cccc2C(C)C)cn1C. The van der Waals surface area contributed by atoms with Crippen molar-refractivity contribution < 1.29 is 4.57 Å². The zero-order valence-electron chi connectivity index (χ0n) is 12.9. The average Bonchev–Trinajstić information content (AvgIpc) is 2.68. The molecule has 0 aliphatic heterocycles. The van der Waals surface area contributed by atoms with E-state index in [2.05, 4.69) is 81.5 Å². The van der Waals surface area contributed by atoms with Gasteiger partial charge in [0.25, 0.3) is 0 Å². The molecular weight excluding hydrogens is 232 g/mol. The Bertz CT molecular complexity index is 531. The van der Waals surface area contributed by atoms with E-state index in [9.17, 15) is 0 Å². The minimum absolute atomic E-state index is 0.529. The molecule has 0 saturated carbocycles. The molecule has 0 saturated heterocycles. The Morgan fingerprint density at radius 2 is 1.53 bits per heavy atom. The van der Waals surface area contributed by atoms with Gasteiger partial charge in [0.15, 0.2) is 0 Å². The highest BCUT2D eigenvalue weighted by molar-refractivity contribution is 5.45. The van der Waals surface area contributed by atoms with Gasteiger partial charge in [-0.1, -0.05) is 45.9 Å². The third kappa shape index (κ3) is 2.58. The number of hydrogen-bond donors (Lipinski definition) is 0. The zero-order valence-corrected chi connectivity index (χ0v) is 12.9. The molecule has 0 N–H and O–H groups in total. The molecule has 2 aromatic rings. The fraction of sp³-hybridized carbons (Fsp3) is 0.471. The van der Waals surface area contributed by atoms with Gasteiger partial charge in [0.05, 0.1) is 7.05 Å². The predicted octanol–water partition coefficient (Wildman–Crippen LogP) is 3.86. The summed E-state index contributed by atoms with van der Waals surface area (Å²) in [4.78, 5) is 0. The van der Waals surface area contributed by atoms with Gasteiger partial charge in [0.1, 0.15) is 17.6 Å². The van der Waals surface area contributed by atoms with Crippen molar-refractivity contribution in [3.05, 3.63) is 47.5 Å². The molecular formula is C17H25N2+. The van der Waals surface area contributed by atoms with Gasteiger partial charge >= 0.3 is 0 Å². The van der Waals surface area contributed by atoms with Gasteiger partial charge in [0, 0.05) is 18.1 Å². The number of rotatable bonds is 3. The smallest absolute Gasteiger partial charge is 0.237 e. The van der Waals surface area contributed by atoms with Crippen LogP contribution in [-0.4, -0.2) is 4.57 Å². The van der Waals surface area contributed by atoms with Gasteiger partial charge in [-0.05, 0) is 11.8 Å². The summed E-state index contributed by atoms with van der Waals surface area (Å²) >= 11 is 0. The standard InChI is InChI=1S/C17H25N2/c1-12(2)15-8-7-9-16(13(3)4)17(15)19-10-14(5)18(6)11-19/h7-13H,1-6H3/q+1. The Hall–Kier alpha value is -1.57. The van der Waals surface area contributed by atoms with Crippen LogP contribution in [0.4, 0.5) is 0 Å². The third-order valence-corrected chi connectivity index (χ3v) is 3.78. The molecule has 2 rings (SSSR count). The fourth-order valence-electron chi connectivity index (χ4n) is 2.54. The maximum Gasteiger partial charge on any atom is 0.248 e. The summed E-state index contributed by atoms with van der Waals surface area (Å²) in [7, 11) is 2.10. The second kappa shape index (κ2) is 5.20. The van der Waals surface area contributed by atoms with Crippen molar-refractivity contribution >= 4 is 0 Å². The van der Waals surface area contributed by atoms with E-state index < -0.39 is 0 Å². The molecule has 2 heteroatoms. The molecule has 0 spiro atoms. The largest absolute Gasteiger partial charge is 0.248 e. The Morgan fingerprint density at radius 3 is 1.89 bits per heavy atom. The number of aromatic nitrogens is 2. The van der Waals surface area contributed by atoms with Crippen molar-refractivity contribution in [3.63, 3.8) is 0 Å². The number of nitrogens with zero attached hydrogens (tertiary/aromatic N) is 2. The normalized spacial score (nSPS) is 11.6. The van der Waals surface area contributed by atoms with Crippen molar-refractivity contribution in [2.24, 2.45) is 7.05 Å². The number of para-hydroxylation sites is 1. The molecule has 0 amide bonds. The van der Waals surface area contributed by atoms with E-state index in [-0.39, 0.29) is 0 Å². The van der Waals surface area contributed by atoms with Gasteiger partial charge in [-0.15, -0.1) is 0 Å². The highest BCUT2D eigenvalue weighted by atomic mass is 15.1. The number of hydrogen-bond acceptors (Lipinski definition) is 0. The minimum Gasteiger partial charge on any atom is -0.237 e. The van der Waals surface area contributed by atoms with Crippen LogP contribution in [0.3, 0.4) is 0 Å². The first-order valence-electron chi connectivity index (χ1n) is 7.09. The van der Waals surface area contributed by atoms with Crippen LogP contribution < -0.4 is 4.57 Å². The van der Waals surface area contributed by atoms with Crippen molar-refractivity contribution in [1.29, 1.82) is 0 Å². The maximum absolute atomic E-state index is 2.28. The van der Waals surface area contributed by atoms with E-state index in [1.807, 2.05) is 0 Å². The summed E-state index contributed by atoms with van der Waals surface area (Å²) in [5.41, 5.74) is 5.47. The minimum atomic E-state index is 0.529. The summed E-state index contributed by atoms with van der Waals surface area (Å²) in [6, 6.07) is 6.69. The van der Waals surface area contributed by atoms with Crippen LogP contribution in [-0.2, 0) is 7.05 Å². The van der Waals surface area contributed by atoms with Gasteiger partial charge < -0.3 is 0 Å². The van der Waals surface area contributed by atoms with Gasteiger partial charge in [0.2, 0.25) is 6.33 Å². The average molecular weight is 257 g/mol. The first kappa shape index (κ1) is 13.9. The Morgan fingerprint density at radius 1 is 1.00 bits per heavy atom. The molecule has 0 atom stereocenters. The van der Waals surface area contributed by atoms with Gasteiger partial charge in [-0.3, -0.25) is 0 Å². The van der Waals surface area contributed by atoms with Crippen LogP contribution in [0.2, 0.25) is 0 Å². The predicted molar refractivity (Wildman–Crippen MR) is 79.9 cm³/mol. The van der Waals surface area contributed by atoms with Crippen molar-refractivity contribution in [2.75, 3.05) is 0 Å². The molecule has 19 heavy (non-hydrogen) atoms. The lowest BCUT2D eigenvalue weighted by atomic mass is 9.92. The number of aryl methyl sites for hydroxylation is 2. The van der Waals surface area contributed by atoms with Crippen LogP contribution in [0.5, 0.6) is 0 Å². The maximum atomic E-state index is 2.28. The molecule has 1 aromatic heterocycles. The topological polar surface area (TPSA) is 8.81 Å². The van der Waals surface area contributed by atoms with E-state index in [4.69, 9.17) is 0 Å². The van der Waals surface area contributed by atoms with Crippen molar-refractivity contribution in [2.45, 2.75) is 46.5 Å². The third-order valence-electron chi connectivity index (χ3n) is 3.78. The molecule has 1 aromatic carbocycles. The van der Waals surface area contributed by atoms with E-state index in [0.717, 1.165) is 0 Å². The van der Waals surface area contributed by atoms with Gasteiger partial charge in [-0.2, -0.15) is 0 Å². The van der Waals surface area contributed by atoms with E-state index in [1.54, 1.807) is 0 Å². The highest BCUT2D eigenvalue weighted by Crippen LogP contribution is 2.27. The van der Waals surface area contributed by atoms with E-state index >= 15 is 0 Å². The van der Waals surface area contributed by atoms with E-state index in [1.165, 1.54) is 22.5 Å². The Kier molecular flexibility index (Phi) is 3.79. The highest BCUT2D eigenvalue weighted by Gasteiger charge is 2.20. The molecule has 2 nitrogen and oxygen atoms in total. The Balaban J connectivity index is 2.71. The van der Waals surface area contributed by atoms with E-state index in [0.29, 0.717) is 11.8 Å². The molecule has 0 bridgehead atoms. The van der Waals surface area contributed by atoms with Crippen LogP contribution in [0.15, 0.2) is 30.7 Å². The lowest BCUT2D eigenvalue weighted by Gasteiger charge is -2.16. The molecule has 0 aliphatic carbocycles. The first-order chi connectivity index (χ1) is 8.91. The summed E-state index contributed by atoms with van der Waals surface area (Å²) in [6.07, 6.45) is 4.38. The summed E-state index contributed by atoms with van der Waals surface area (Å²) < 4.78 is 4.45. The monoisotopic (exact) mass is 257 g/mol. The van der Waals surface area contributed by atoms with Crippen LogP contribution in [0.1, 0.15) is 56.4 Å². The second-order valence-corrected chi connectivity index (χ2v) is 6.00. The van der Waals surface area contributed by atoms with Gasteiger partial charge in [-0.25, -0.2) is 9.13 Å². The first-order valence-corrected chi connectivity index (χ1v) is 7.09. The molecule has 0 unspecified atom stereocenters. The Labute approximate surface area is 116 Å². The second-order valence-electron chi connectivity index (χ2n) is 6.00. The zero-order chi connectivity index (χ0) is 14.2. The number of imidazole rings is 1. The summed E-state index contributed by atoms with van der Waals surface area (Å²) in [5.74, 6) is 1.06. The number of benzene rings is 1. The lowest BCUT2D eigenvalue weighted by Crippen LogP contribution is -2.31. The molecule has 102 valence electrons. The summed E-state index contributed by atoms with van der Waals surface area (Å²) in [5, 5.41) is 0. The fourth-order valence-corrected chi connectivity index (χ4v) is 2.54. The van der Waals surface area contributed by atoms with Crippen molar-refractivity contribution in [1.82, 2.24) is 4.57 Å². The van der Waals surface area contributed by atoms with Crippen LogP contribution in [0, 0.1) is 6.92 Å². The summed E-state index contributed by atoms with van der Waals surface area (Å²) in [6.45, 7) is 11.2. The quantitative estimate of drug-likeness (QED) is 0.738. The molecule has 0 aliphatic rings.